The number of rotatable bonds is 6. The van der Waals surface area contributed by atoms with Crippen molar-refractivity contribution in [1.29, 1.82) is 0 Å². The van der Waals surface area contributed by atoms with E-state index in [1.807, 2.05) is 38.1 Å². The van der Waals surface area contributed by atoms with Gasteiger partial charge in [0.25, 0.3) is 5.91 Å². The summed E-state index contributed by atoms with van der Waals surface area (Å²) < 4.78 is 5.62. The van der Waals surface area contributed by atoms with Crippen molar-refractivity contribution in [2.24, 2.45) is 0 Å². The second kappa shape index (κ2) is 8.51. The third-order valence-electron chi connectivity index (χ3n) is 3.48. The molecule has 1 heterocycles. The number of hydrogen-bond acceptors (Lipinski definition) is 5. The van der Waals surface area contributed by atoms with E-state index in [2.05, 4.69) is 20.6 Å². The molecule has 0 saturated carbocycles. The van der Waals surface area contributed by atoms with Crippen molar-refractivity contribution in [1.82, 2.24) is 9.97 Å². The largest absolute Gasteiger partial charge is 0.491 e. The Morgan fingerprint density at radius 3 is 2.52 bits per heavy atom. The Morgan fingerprint density at radius 1 is 1.04 bits per heavy atom. The van der Waals surface area contributed by atoms with Crippen LogP contribution >= 0.6 is 11.6 Å². The molecule has 0 unspecified atom stereocenters. The van der Waals surface area contributed by atoms with E-state index < -0.39 is 0 Å². The molecule has 0 aliphatic rings. The lowest BCUT2D eigenvalue weighted by molar-refractivity contribution is 0.102. The molecule has 138 valence electrons. The predicted octanol–water partition coefficient (Wildman–Crippen LogP) is 4.91. The number of carbonyl (C=O) groups is 1. The van der Waals surface area contributed by atoms with Crippen molar-refractivity contribution in [3.05, 3.63) is 71.6 Å². The highest BCUT2D eigenvalue weighted by molar-refractivity contribution is 6.30. The number of ether oxygens (including phenoxy) is 1. The Hall–Kier alpha value is -3.12. The predicted molar refractivity (Wildman–Crippen MR) is 107 cm³/mol. The first-order valence-electron chi connectivity index (χ1n) is 8.42. The number of anilines is 3. The average Bonchev–Trinajstić information content (AvgIpc) is 2.63. The summed E-state index contributed by atoms with van der Waals surface area (Å²) in [5, 5.41) is 6.45. The maximum atomic E-state index is 12.4. The molecular formula is C20H19ClN4O2. The van der Waals surface area contributed by atoms with Gasteiger partial charge in [0.15, 0.2) is 0 Å². The van der Waals surface area contributed by atoms with Crippen molar-refractivity contribution in [2.75, 3.05) is 10.6 Å². The van der Waals surface area contributed by atoms with Crippen LogP contribution < -0.4 is 15.4 Å². The van der Waals surface area contributed by atoms with Crippen LogP contribution in [-0.2, 0) is 0 Å². The standard InChI is InChI=1S/C20H19ClN4O2/c1-13(2)27-17-8-6-15(7-9-17)24-19-11-18(22-12-23-19)20(26)25-16-5-3-4-14(21)10-16/h3-13H,1-2H3,(H,25,26)(H,22,23,24). The molecule has 1 aromatic heterocycles. The molecule has 0 atom stereocenters. The summed E-state index contributed by atoms with van der Waals surface area (Å²) in [6, 6.07) is 16.0. The van der Waals surface area contributed by atoms with Gasteiger partial charge in [0, 0.05) is 22.5 Å². The molecular weight excluding hydrogens is 364 g/mol. The molecule has 6 nitrogen and oxygen atoms in total. The summed E-state index contributed by atoms with van der Waals surface area (Å²) in [4.78, 5) is 20.6. The molecule has 0 fully saturated rings. The summed E-state index contributed by atoms with van der Waals surface area (Å²) in [6.07, 6.45) is 1.46. The third-order valence-corrected chi connectivity index (χ3v) is 3.72. The van der Waals surface area contributed by atoms with Gasteiger partial charge >= 0.3 is 0 Å². The van der Waals surface area contributed by atoms with E-state index in [1.165, 1.54) is 6.33 Å². The fourth-order valence-electron chi connectivity index (χ4n) is 2.35. The molecule has 27 heavy (non-hydrogen) atoms. The third kappa shape index (κ3) is 5.43. The molecule has 2 N–H and O–H groups in total. The van der Waals surface area contributed by atoms with Crippen molar-refractivity contribution < 1.29 is 9.53 Å². The number of nitrogens with zero attached hydrogens (tertiary/aromatic N) is 2. The van der Waals surface area contributed by atoms with Crippen LogP contribution in [0.4, 0.5) is 17.2 Å². The van der Waals surface area contributed by atoms with Gasteiger partial charge < -0.3 is 15.4 Å². The van der Waals surface area contributed by atoms with Gasteiger partial charge in [-0.2, -0.15) is 0 Å². The summed E-state index contributed by atoms with van der Waals surface area (Å²) >= 11 is 5.93. The number of amides is 1. The van der Waals surface area contributed by atoms with Gasteiger partial charge in [0.1, 0.15) is 23.6 Å². The van der Waals surface area contributed by atoms with Crippen molar-refractivity contribution >= 4 is 34.7 Å². The minimum Gasteiger partial charge on any atom is -0.491 e. The molecule has 0 aliphatic carbocycles. The summed E-state index contributed by atoms with van der Waals surface area (Å²) in [7, 11) is 0. The highest BCUT2D eigenvalue weighted by Crippen LogP contribution is 2.20. The smallest absolute Gasteiger partial charge is 0.274 e. The Labute approximate surface area is 162 Å². The first kappa shape index (κ1) is 18.7. The first-order chi connectivity index (χ1) is 13.0. The molecule has 0 aliphatic heterocycles. The number of hydrogen-bond donors (Lipinski definition) is 2. The van der Waals surface area contributed by atoms with Crippen LogP contribution in [0.3, 0.4) is 0 Å². The van der Waals surface area contributed by atoms with E-state index in [1.54, 1.807) is 30.3 Å². The van der Waals surface area contributed by atoms with E-state index in [9.17, 15) is 4.79 Å². The minimum absolute atomic E-state index is 0.117. The van der Waals surface area contributed by atoms with E-state index in [0.717, 1.165) is 11.4 Å². The van der Waals surface area contributed by atoms with Gasteiger partial charge in [0.2, 0.25) is 0 Å². The summed E-state index contributed by atoms with van der Waals surface area (Å²) in [5.74, 6) is 0.960. The summed E-state index contributed by atoms with van der Waals surface area (Å²) in [5.41, 5.74) is 1.67. The Balaban J connectivity index is 1.68. The van der Waals surface area contributed by atoms with Gasteiger partial charge in [-0.1, -0.05) is 17.7 Å². The van der Waals surface area contributed by atoms with Crippen LogP contribution in [0.15, 0.2) is 60.9 Å². The maximum Gasteiger partial charge on any atom is 0.274 e. The molecule has 0 bridgehead atoms. The molecule has 7 heteroatoms. The maximum absolute atomic E-state index is 12.4. The fraction of sp³-hybridized carbons (Fsp3) is 0.150. The number of halogens is 1. The molecule has 2 aromatic carbocycles. The molecule has 3 rings (SSSR count). The highest BCUT2D eigenvalue weighted by atomic mass is 35.5. The Kier molecular flexibility index (Phi) is 5.88. The van der Waals surface area contributed by atoms with Crippen molar-refractivity contribution in [3.8, 4) is 5.75 Å². The van der Waals surface area contributed by atoms with Crippen molar-refractivity contribution in [2.45, 2.75) is 20.0 Å². The number of aromatic nitrogens is 2. The van der Waals surface area contributed by atoms with Crippen LogP contribution in [0.25, 0.3) is 0 Å². The van der Waals surface area contributed by atoms with Crippen molar-refractivity contribution in [3.63, 3.8) is 0 Å². The van der Waals surface area contributed by atoms with Crippen LogP contribution in [0.2, 0.25) is 5.02 Å². The van der Waals surface area contributed by atoms with Gasteiger partial charge in [-0.05, 0) is 56.3 Å². The SMILES string of the molecule is CC(C)Oc1ccc(Nc2cc(C(=O)Nc3cccc(Cl)c3)ncn2)cc1. The topological polar surface area (TPSA) is 76.1 Å². The van der Waals surface area contributed by atoms with Gasteiger partial charge in [-0.25, -0.2) is 9.97 Å². The highest BCUT2D eigenvalue weighted by Gasteiger charge is 2.10. The zero-order valence-electron chi connectivity index (χ0n) is 14.9. The van der Waals surface area contributed by atoms with E-state index in [-0.39, 0.29) is 17.7 Å². The lowest BCUT2D eigenvalue weighted by atomic mass is 10.2. The molecule has 0 spiro atoms. The molecule has 3 aromatic rings. The average molecular weight is 383 g/mol. The fourth-order valence-corrected chi connectivity index (χ4v) is 2.54. The zero-order valence-corrected chi connectivity index (χ0v) is 15.7. The summed E-state index contributed by atoms with van der Waals surface area (Å²) in [6.45, 7) is 3.95. The monoisotopic (exact) mass is 382 g/mol. The molecule has 0 saturated heterocycles. The first-order valence-corrected chi connectivity index (χ1v) is 8.80. The number of benzene rings is 2. The second-order valence-corrected chi connectivity index (χ2v) is 6.51. The van der Waals surface area contributed by atoms with E-state index in [4.69, 9.17) is 16.3 Å². The van der Waals surface area contributed by atoms with Crippen LogP contribution in [-0.4, -0.2) is 22.0 Å². The normalized spacial score (nSPS) is 10.5. The van der Waals surface area contributed by atoms with E-state index in [0.29, 0.717) is 16.5 Å². The van der Waals surface area contributed by atoms with E-state index >= 15 is 0 Å². The lowest BCUT2D eigenvalue weighted by Gasteiger charge is -2.11. The Morgan fingerprint density at radius 2 is 1.81 bits per heavy atom. The van der Waals surface area contributed by atoms with Gasteiger partial charge in [-0.15, -0.1) is 0 Å². The molecule has 1 amide bonds. The minimum atomic E-state index is -0.344. The lowest BCUT2D eigenvalue weighted by Crippen LogP contribution is -2.14. The van der Waals surface area contributed by atoms with Crippen LogP contribution in [0.5, 0.6) is 5.75 Å². The zero-order chi connectivity index (χ0) is 19.2. The van der Waals surface area contributed by atoms with Crippen LogP contribution in [0.1, 0.15) is 24.3 Å². The quantitative estimate of drug-likeness (QED) is 0.633. The Bertz CT molecular complexity index is 929. The van der Waals surface area contributed by atoms with Crippen LogP contribution in [0, 0.1) is 0 Å². The number of carbonyl (C=O) groups excluding carboxylic acids is 1. The van der Waals surface area contributed by atoms with Gasteiger partial charge in [0.05, 0.1) is 6.10 Å². The molecule has 0 radical (unpaired) electrons. The second-order valence-electron chi connectivity index (χ2n) is 6.07. The number of nitrogens with one attached hydrogen (secondary N) is 2. The van der Waals surface area contributed by atoms with Gasteiger partial charge in [-0.3, -0.25) is 4.79 Å².